The first-order valence-electron chi connectivity index (χ1n) is 8.53. The van der Waals surface area contributed by atoms with Crippen molar-refractivity contribution in [1.29, 1.82) is 0 Å². The second-order valence-corrected chi connectivity index (χ2v) is 8.26. The minimum Gasteiger partial charge on any atom is -0.469 e. The smallest absolute Gasteiger partial charge is 0.308 e. The maximum absolute atomic E-state index is 12.6. The van der Waals surface area contributed by atoms with Crippen molar-refractivity contribution in [3.8, 4) is 0 Å². The molecule has 0 bridgehead atoms. The normalized spacial score (nSPS) is 23.6. The zero-order valence-electron chi connectivity index (χ0n) is 13.9. The minimum atomic E-state index is -3.55. The molecule has 1 aliphatic carbocycles. The number of piperidine rings is 1. The van der Waals surface area contributed by atoms with Crippen molar-refractivity contribution >= 4 is 16.2 Å². The second-order valence-electron chi connectivity index (χ2n) is 6.56. The minimum absolute atomic E-state index is 0.196. The largest absolute Gasteiger partial charge is 0.469 e. The second kappa shape index (κ2) is 8.41. The summed E-state index contributed by atoms with van der Waals surface area (Å²) in [4.78, 5) is 11.5. The summed E-state index contributed by atoms with van der Waals surface area (Å²) < 4.78 is 34.1. The lowest BCUT2D eigenvalue weighted by Gasteiger charge is -2.34. The molecule has 2 aliphatic rings. The Balaban J connectivity index is 1.91. The molecule has 2 fully saturated rings. The third-order valence-corrected chi connectivity index (χ3v) is 6.75. The topological polar surface area (TPSA) is 102 Å². The van der Waals surface area contributed by atoms with Crippen molar-refractivity contribution < 1.29 is 17.9 Å². The highest BCUT2D eigenvalue weighted by atomic mass is 32.2. The maximum Gasteiger partial charge on any atom is 0.308 e. The molecule has 1 saturated carbocycles. The van der Waals surface area contributed by atoms with E-state index in [0.29, 0.717) is 38.4 Å². The first kappa shape index (κ1) is 18.6. The molecule has 0 amide bonds. The van der Waals surface area contributed by atoms with E-state index in [2.05, 4.69) is 4.72 Å². The number of hydrogen-bond donors (Lipinski definition) is 2. The fraction of sp³-hybridized carbons (Fsp3) is 0.933. The Morgan fingerprint density at radius 1 is 1.22 bits per heavy atom. The number of nitrogens with two attached hydrogens (primary N) is 1. The van der Waals surface area contributed by atoms with Crippen molar-refractivity contribution in [2.24, 2.45) is 17.6 Å². The van der Waals surface area contributed by atoms with E-state index in [1.807, 2.05) is 0 Å². The maximum atomic E-state index is 12.6. The molecule has 7 nitrogen and oxygen atoms in total. The molecule has 0 aromatic carbocycles. The molecule has 0 aromatic rings. The van der Waals surface area contributed by atoms with Crippen LogP contribution in [-0.2, 0) is 19.7 Å². The number of nitrogens with one attached hydrogen (secondary N) is 1. The predicted molar refractivity (Wildman–Crippen MR) is 87.8 cm³/mol. The van der Waals surface area contributed by atoms with Crippen LogP contribution in [0.5, 0.6) is 0 Å². The van der Waals surface area contributed by atoms with Gasteiger partial charge >= 0.3 is 5.97 Å². The molecule has 1 atom stereocenters. The van der Waals surface area contributed by atoms with Crippen LogP contribution in [0.15, 0.2) is 0 Å². The van der Waals surface area contributed by atoms with Gasteiger partial charge in [0.1, 0.15) is 0 Å². The number of carbonyl (C=O) groups excluding carboxylic acids is 1. The molecule has 0 spiro atoms. The van der Waals surface area contributed by atoms with Crippen molar-refractivity contribution in [3.05, 3.63) is 0 Å². The highest BCUT2D eigenvalue weighted by molar-refractivity contribution is 7.87. The summed E-state index contributed by atoms with van der Waals surface area (Å²) in [5.41, 5.74) is 5.81. The first-order valence-corrected chi connectivity index (χ1v) is 9.97. The molecule has 1 saturated heterocycles. The van der Waals surface area contributed by atoms with Gasteiger partial charge in [-0.1, -0.05) is 19.3 Å². The van der Waals surface area contributed by atoms with Gasteiger partial charge in [-0.25, -0.2) is 0 Å². The molecule has 8 heteroatoms. The van der Waals surface area contributed by atoms with Crippen LogP contribution < -0.4 is 10.5 Å². The average molecular weight is 347 g/mol. The van der Waals surface area contributed by atoms with E-state index in [9.17, 15) is 13.2 Å². The van der Waals surface area contributed by atoms with Gasteiger partial charge in [-0.3, -0.25) is 4.79 Å². The summed E-state index contributed by atoms with van der Waals surface area (Å²) >= 11 is 0. The van der Waals surface area contributed by atoms with E-state index < -0.39 is 10.2 Å². The van der Waals surface area contributed by atoms with E-state index in [-0.39, 0.29) is 17.9 Å². The van der Waals surface area contributed by atoms with E-state index in [1.165, 1.54) is 17.8 Å². The molecular formula is C15H29N3O4S. The molecular weight excluding hydrogens is 318 g/mol. The lowest BCUT2D eigenvalue weighted by molar-refractivity contribution is -0.146. The van der Waals surface area contributed by atoms with E-state index >= 15 is 0 Å². The van der Waals surface area contributed by atoms with Gasteiger partial charge < -0.3 is 10.5 Å². The Hall–Kier alpha value is -0.700. The van der Waals surface area contributed by atoms with Crippen LogP contribution >= 0.6 is 0 Å². The van der Waals surface area contributed by atoms with Gasteiger partial charge in [-0.15, -0.1) is 0 Å². The van der Waals surface area contributed by atoms with Crippen molar-refractivity contribution in [2.45, 2.75) is 51.0 Å². The van der Waals surface area contributed by atoms with Gasteiger partial charge in [0, 0.05) is 25.7 Å². The quantitative estimate of drug-likeness (QED) is 0.686. The fourth-order valence-corrected chi connectivity index (χ4v) is 5.15. The molecule has 2 rings (SSSR count). The lowest BCUT2D eigenvalue weighted by atomic mass is 9.84. The first-order chi connectivity index (χ1) is 11.0. The highest BCUT2D eigenvalue weighted by Gasteiger charge is 2.34. The number of hydrogen-bond acceptors (Lipinski definition) is 5. The molecule has 1 aliphatic heterocycles. The number of rotatable bonds is 6. The van der Waals surface area contributed by atoms with E-state index in [4.69, 9.17) is 10.5 Å². The lowest BCUT2D eigenvalue weighted by Crippen LogP contribution is -2.53. The SMILES string of the molecule is COC(=O)C1CCN(S(=O)(=O)NC(CN)C2CCCCC2)CC1. The van der Waals surface area contributed by atoms with Crippen LogP contribution in [0.25, 0.3) is 0 Å². The molecule has 3 N–H and O–H groups in total. The summed E-state index contributed by atoms with van der Waals surface area (Å²) in [6, 6.07) is -0.196. The van der Waals surface area contributed by atoms with Crippen LogP contribution in [0.3, 0.4) is 0 Å². The Morgan fingerprint density at radius 2 is 1.83 bits per heavy atom. The third-order valence-electron chi connectivity index (χ3n) is 5.10. The van der Waals surface area contributed by atoms with Gasteiger partial charge in [-0.2, -0.15) is 17.4 Å². The highest BCUT2D eigenvalue weighted by Crippen LogP contribution is 2.27. The Labute approximate surface area is 139 Å². The number of esters is 1. The van der Waals surface area contributed by atoms with Crippen LogP contribution in [0.1, 0.15) is 44.9 Å². The zero-order chi connectivity index (χ0) is 16.9. The Kier molecular flexibility index (Phi) is 6.82. The van der Waals surface area contributed by atoms with Crippen LogP contribution in [0, 0.1) is 11.8 Å². The van der Waals surface area contributed by atoms with Gasteiger partial charge in [0.25, 0.3) is 10.2 Å². The van der Waals surface area contributed by atoms with Crippen LogP contribution in [-0.4, -0.2) is 51.5 Å². The molecule has 0 radical (unpaired) electrons. The molecule has 1 heterocycles. The number of ether oxygens (including phenoxy) is 1. The fourth-order valence-electron chi connectivity index (χ4n) is 3.64. The summed E-state index contributed by atoms with van der Waals surface area (Å²) in [5, 5.41) is 0. The van der Waals surface area contributed by atoms with Crippen LogP contribution in [0.2, 0.25) is 0 Å². The number of carbonyl (C=O) groups is 1. The third kappa shape index (κ3) is 4.89. The predicted octanol–water partition coefficient (Wildman–Crippen LogP) is 0.613. The summed E-state index contributed by atoms with van der Waals surface area (Å²) in [7, 11) is -2.18. The summed E-state index contributed by atoms with van der Waals surface area (Å²) in [6.45, 7) is 1.01. The monoisotopic (exact) mass is 347 g/mol. The van der Waals surface area contributed by atoms with Crippen molar-refractivity contribution in [2.75, 3.05) is 26.7 Å². The van der Waals surface area contributed by atoms with Gasteiger partial charge in [-0.05, 0) is 31.6 Å². The van der Waals surface area contributed by atoms with Gasteiger partial charge in [0.05, 0.1) is 13.0 Å². The van der Waals surface area contributed by atoms with Gasteiger partial charge in [0.2, 0.25) is 0 Å². The summed E-state index contributed by atoms with van der Waals surface area (Å²) in [5.74, 6) is -0.122. The van der Waals surface area contributed by atoms with E-state index in [1.54, 1.807) is 0 Å². The average Bonchev–Trinajstić information content (AvgIpc) is 2.60. The van der Waals surface area contributed by atoms with Gasteiger partial charge in [0.15, 0.2) is 0 Å². The molecule has 23 heavy (non-hydrogen) atoms. The molecule has 1 unspecified atom stereocenters. The number of nitrogens with zero attached hydrogens (tertiary/aromatic N) is 1. The Morgan fingerprint density at radius 3 is 2.35 bits per heavy atom. The number of methoxy groups -OCH3 is 1. The molecule has 0 aromatic heterocycles. The zero-order valence-corrected chi connectivity index (χ0v) is 14.7. The molecule has 134 valence electrons. The van der Waals surface area contributed by atoms with Crippen molar-refractivity contribution in [1.82, 2.24) is 9.03 Å². The Bertz CT molecular complexity index is 483. The van der Waals surface area contributed by atoms with Crippen molar-refractivity contribution in [3.63, 3.8) is 0 Å². The standard InChI is InChI=1S/C15H29N3O4S/c1-22-15(19)13-7-9-18(10-8-13)23(20,21)17-14(11-16)12-5-3-2-4-6-12/h12-14,17H,2-11,16H2,1H3. The van der Waals surface area contributed by atoms with E-state index in [0.717, 1.165) is 25.7 Å². The summed E-state index contributed by atoms with van der Waals surface area (Å²) in [6.07, 6.45) is 6.60. The van der Waals surface area contributed by atoms with Crippen LogP contribution in [0.4, 0.5) is 0 Å².